The molecule has 2 unspecified atom stereocenters. The molecule has 4 nitrogen and oxygen atoms in total. The maximum atomic E-state index is 14.0. The van der Waals surface area contributed by atoms with Gasteiger partial charge in [-0.15, -0.1) is 0 Å². The lowest BCUT2D eigenvalue weighted by molar-refractivity contribution is 0.140. The summed E-state index contributed by atoms with van der Waals surface area (Å²) in [5.41, 5.74) is 2.30. The summed E-state index contributed by atoms with van der Waals surface area (Å²) in [5.74, 6) is 9.26. The van der Waals surface area contributed by atoms with Crippen molar-refractivity contribution in [1.82, 2.24) is 9.97 Å². The maximum Gasteiger partial charge on any atom is 0.137 e. The van der Waals surface area contributed by atoms with E-state index >= 15 is 0 Å². The van der Waals surface area contributed by atoms with Gasteiger partial charge in [0, 0.05) is 11.4 Å². The highest BCUT2D eigenvalue weighted by Gasteiger charge is 2.32. The first-order chi connectivity index (χ1) is 33.8. The molecule has 0 N–H and O–H groups in total. The van der Waals surface area contributed by atoms with E-state index in [4.69, 9.17) is 9.47 Å². The topological polar surface area (TPSA) is 44.2 Å². The molecule has 0 saturated heterocycles. The van der Waals surface area contributed by atoms with Gasteiger partial charge in [0.25, 0.3) is 0 Å². The highest BCUT2D eigenvalue weighted by Crippen LogP contribution is 2.44. The zero-order valence-corrected chi connectivity index (χ0v) is 45.3. The Morgan fingerprint density at radius 1 is 0.406 bits per heavy atom. The standard InChI is InChI=1S/C32H54FNO.C31H52FNO/c1-3-5-7-9-11-30(33)25-35-32-23-22-31(34-24-32)21-16-27-14-19-29(20-15-27)28-17-12-26(13-18-28)10-8-6-4-2;1-3-5-7-8-10-29(32)24-34-31-22-21-30(33-23-31)20-15-26-13-18-28(19-14-26)27-16-11-25(12-17-27)9-6-4-2/h22-24,26-30H,3-21,25H2,1-2H3;21-23,25-29H,3-20,24H2,1-2H3/t26-,27-,28-,29-,30?;25-,26-,27-,28-,29?. The SMILES string of the molecule is CCCCCCC(F)COc1ccc(CC[C@H]2CC[C@H]([C@H]3CC[C@H](CCCC)CC3)CC2)nc1.CCCCCCC(F)COc1ccc(CC[C@H]2CC[C@H]([C@H]3CC[C@H](CCCCC)CC3)CC2)nc1. The average Bonchev–Trinajstić information content (AvgIpc) is 3.39. The van der Waals surface area contributed by atoms with Crippen molar-refractivity contribution < 1.29 is 18.3 Å². The van der Waals surface area contributed by atoms with E-state index in [2.05, 4.69) is 49.8 Å². The monoisotopic (exact) mass is 961 g/mol. The normalized spacial score (nSPS) is 26.1. The third kappa shape index (κ3) is 23.5. The third-order valence-electron chi connectivity index (χ3n) is 17.9. The molecular formula is C63H106F2N2O2. The van der Waals surface area contributed by atoms with Crippen molar-refractivity contribution in [2.24, 2.45) is 47.3 Å². The molecule has 2 aromatic heterocycles. The molecule has 4 fully saturated rings. The summed E-state index contributed by atoms with van der Waals surface area (Å²) >= 11 is 0. The van der Waals surface area contributed by atoms with Gasteiger partial charge in [-0.2, -0.15) is 0 Å². The van der Waals surface area contributed by atoms with Crippen LogP contribution in [0.3, 0.4) is 0 Å². The Bertz CT molecular complexity index is 1510. The minimum Gasteiger partial charge on any atom is -0.489 e. The van der Waals surface area contributed by atoms with Crippen LogP contribution >= 0.6 is 0 Å². The summed E-state index contributed by atoms with van der Waals surface area (Å²) in [7, 11) is 0. The van der Waals surface area contributed by atoms with E-state index in [9.17, 15) is 8.78 Å². The molecule has 0 spiro atoms. The fourth-order valence-electron chi connectivity index (χ4n) is 13.1. The van der Waals surface area contributed by atoms with Crippen LogP contribution in [0, 0.1) is 47.3 Å². The van der Waals surface area contributed by atoms with Crippen LogP contribution in [-0.4, -0.2) is 35.5 Å². The number of aryl methyl sites for hydroxylation is 2. The van der Waals surface area contributed by atoms with Crippen molar-refractivity contribution in [2.75, 3.05) is 13.2 Å². The number of unbranched alkanes of at least 4 members (excludes halogenated alkanes) is 9. The van der Waals surface area contributed by atoms with Gasteiger partial charge in [0.05, 0.1) is 12.4 Å². The molecule has 4 aliphatic carbocycles. The minimum absolute atomic E-state index is 0.150. The van der Waals surface area contributed by atoms with Gasteiger partial charge in [-0.05, 0) is 162 Å². The van der Waals surface area contributed by atoms with Gasteiger partial charge in [-0.25, -0.2) is 8.78 Å². The lowest BCUT2D eigenvalue weighted by Gasteiger charge is -2.38. The number of nitrogens with zero attached hydrogens (tertiary/aromatic N) is 2. The summed E-state index contributed by atoms with van der Waals surface area (Å²) < 4.78 is 39.3. The van der Waals surface area contributed by atoms with E-state index in [0.29, 0.717) is 24.3 Å². The quantitative estimate of drug-likeness (QED) is 0.0707. The zero-order valence-electron chi connectivity index (χ0n) is 45.3. The van der Waals surface area contributed by atoms with Gasteiger partial charge in [0.1, 0.15) is 37.1 Å². The molecule has 0 amide bonds. The smallest absolute Gasteiger partial charge is 0.137 e. The van der Waals surface area contributed by atoms with Crippen molar-refractivity contribution >= 4 is 0 Å². The van der Waals surface area contributed by atoms with E-state index in [-0.39, 0.29) is 13.2 Å². The van der Waals surface area contributed by atoms with Crippen molar-refractivity contribution in [3.63, 3.8) is 0 Å². The van der Waals surface area contributed by atoms with E-state index in [1.165, 1.54) is 186 Å². The summed E-state index contributed by atoms with van der Waals surface area (Å²) in [6, 6.07) is 8.10. The highest BCUT2D eigenvalue weighted by atomic mass is 19.1. The molecule has 2 heterocycles. The number of rotatable bonds is 31. The maximum absolute atomic E-state index is 14.0. The summed E-state index contributed by atoms with van der Waals surface area (Å²) in [6.07, 6.45) is 50.1. The Balaban J connectivity index is 0.000000258. The summed E-state index contributed by atoms with van der Waals surface area (Å²) in [6.45, 7) is 9.30. The minimum atomic E-state index is -0.873. The van der Waals surface area contributed by atoms with Crippen LogP contribution in [0.15, 0.2) is 36.7 Å². The van der Waals surface area contributed by atoms with Crippen molar-refractivity contribution in [1.29, 1.82) is 0 Å². The van der Waals surface area contributed by atoms with Crippen LogP contribution in [0.4, 0.5) is 8.78 Å². The van der Waals surface area contributed by atoms with Crippen molar-refractivity contribution in [2.45, 2.75) is 278 Å². The van der Waals surface area contributed by atoms with Gasteiger partial charge in [-0.1, -0.05) is 175 Å². The van der Waals surface area contributed by atoms with Gasteiger partial charge < -0.3 is 9.47 Å². The third-order valence-corrected chi connectivity index (χ3v) is 17.9. The lowest BCUT2D eigenvalue weighted by Crippen LogP contribution is -2.26. The predicted octanol–water partition coefficient (Wildman–Crippen LogP) is 19.4. The Kier molecular flexibility index (Phi) is 29.3. The number of hydrogen-bond donors (Lipinski definition) is 0. The molecule has 4 saturated carbocycles. The second-order valence-corrected chi connectivity index (χ2v) is 23.3. The molecule has 0 bridgehead atoms. The molecule has 394 valence electrons. The van der Waals surface area contributed by atoms with Gasteiger partial charge in [-0.3, -0.25) is 9.97 Å². The van der Waals surface area contributed by atoms with Crippen molar-refractivity contribution in [3.05, 3.63) is 48.0 Å². The first-order valence-corrected chi connectivity index (χ1v) is 30.3. The van der Waals surface area contributed by atoms with Crippen LogP contribution in [-0.2, 0) is 12.8 Å². The Morgan fingerprint density at radius 2 is 0.739 bits per heavy atom. The molecule has 69 heavy (non-hydrogen) atoms. The Hall–Kier alpha value is -2.24. The van der Waals surface area contributed by atoms with Crippen LogP contribution in [0.1, 0.15) is 264 Å². The van der Waals surface area contributed by atoms with Gasteiger partial charge >= 0.3 is 0 Å². The second-order valence-electron chi connectivity index (χ2n) is 23.3. The fourth-order valence-corrected chi connectivity index (χ4v) is 13.1. The molecule has 0 radical (unpaired) electrons. The average molecular weight is 962 g/mol. The number of ether oxygens (including phenoxy) is 2. The second kappa shape index (κ2) is 35.0. The number of halogens is 2. The predicted molar refractivity (Wildman–Crippen MR) is 289 cm³/mol. The first-order valence-electron chi connectivity index (χ1n) is 30.3. The Morgan fingerprint density at radius 3 is 1.07 bits per heavy atom. The van der Waals surface area contributed by atoms with Crippen LogP contribution < -0.4 is 9.47 Å². The van der Waals surface area contributed by atoms with Gasteiger partial charge in [0.15, 0.2) is 0 Å². The van der Waals surface area contributed by atoms with Crippen LogP contribution in [0.2, 0.25) is 0 Å². The summed E-state index contributed by atoms with van der Waals surface area (Å²) in [5, 5.41) is 0. The molecule has 6 rings (SSSR count). The number of alkyl halides is 2. The van der Waals surface area contributed by atoms with Crippen LogP contribution in [0.5, 0.6) is 11.5 Å². The number of aromatic nitrogens is 2. The molecule has 0 aromatic carbocycles. The summed E-state index contributed by atoms with van der Waals surface area (Å²) in [4.78, 5) is 9.20. The molecular weight excluding hydrogens is 855 g/mol. The van der Waals surface area contributed by atoms with Crippen molar-refractivity contribution in [3.8, 4) is 11.5 Å². The lowest BCUT2D eigenvalue weighted by atomic mass is 9.68. The van der Waals surface area contributed by atoms with E-state index < -0.39 is 12.3 Å². The molecule has 0 aliphatic heterocycles. The molecule has 2 aromatic rings. The number of hydrogen-bond acceptors (Lipinski definition) is 4. The highest BCUT2D eigenvalue weighted by molar-refractivity contribution is 5.21. The molecule has 6 heteroatoms. The Labute approximate surface area is 424 Å². The fraction of sp³-hybridized carbons (Fsp3) is 0.841. The van der Waals surface area contributed by atoms with E-state index in [0.717, 1.165) is 97.3 Å². The largest absolute Gasteiger partial charge is 0.489 e. The molecule has 2 atom stereocenters. The van der Waals surface area contributed by atoms with Crippen LogP contribution in [0.25, 0.3) is 0 Å². The van der Waals surface area contributed by atoms with Gasteiger partial charge in [0.2, 0.25) is 0 Å². The molecule has 4 aliphatic rings. The van der Waals surface area contributed by atoms with E-state index in [1.54, 1.807) is 12.4 Å². The van der Waals surface area contributed by atoms with E-state index in [1.807, 2.05) is 12.1 Å². The number of pyridine rings is 2. The zero-order chi connectivity index (χ0) is 48.7. The first kappa shape index (κ1) is 57.7.